The van der Waals surface area contributed by atoms with E-state index in [4.69, 9.17) is 17.4 Å². The Hall–Kier alpha value is -0.870. The molecule has 3 N–H and O–H groups in total. The second-order valence-corrected chi connectivity index (χ2v) is 4.33. The van der Waals surface area contributed by atoms with Crippen LogP contribution in [0.25, 0.3) is 0 Å². The molecule has 3 aliphatic rings. The van der Waals surface area contributed by atoms with Gasteiger partial charge in [-0.2, -0.15) is 5.11 Å². The molecule has 2 atom stereocenters. The van der Waals surface area contributed by atoms with Gasteiger partial charge in [0, 0.05) is 5.57 Å². The molecule has 0 amide bonds. The molecule has 0 saturated heterocycles. The molecule has 0 spiro atoms. The molecule has 1 fully saturated rings. The van der Waals surface area contributed by atoms with Crippen molar-refractivity contribution in [2.24, 2.45) is 22.0 Å². The van der Waals surface area contributed by atoms with Crippen LogP contribution in [0, 0.1) is 5.92 Å². The molecular weight excluding hydrogens is 200 g/mol. The smallest absolute Gasteiger partial charge is 0.170 e. The van der Waals surface area contributed by atoms with E-state index in [1.807, 2.05) is 0 Å². The minimum atomic E-state index is -0.289. The van der Waals surface area contributed by atoms with Crippen molar-refractivity contribution in [3.05, 3.63) is 22.5 Å². The van der Waals surface area contributed by atoms with Crippen molar-refractivity contribution < 1.29 is 0 Å². The molecule has 0 radical (unpaired) electrons. The number of nitrogens with zero attached hydrogens (tertiary/aromatic N) is 2. The van der Waals surface area contributed by atoms with E-state index in [0.29, 0.717) is 11.7 Å². The number of fused-ring (bicyclic) bond motifs is 4. The Kier molecular flexibility index (Phi) is 1.69. The number of nitrogens with one attached hydrogen (secondary N) is 1. The zero-order chi connectivity index (χ0) is 9.71. The summed E-state index contributed by atoms with van der Waals surface area (Å²) >= 11 is 6.11. The zero-order valence-electron chi connectivity index (χ0n) is 7.63. The second kappa shape index (κ2) is 2.81. The van der Waals surface area contributed by atoms with Gasteiger partial charge >= 0.3 is 0 Å². The first kappa shape index (κ1) is 8.44. The van der Waals surface area contributed by atoms with Crippen molar-refractivity contribution in [3.63, 3.8) is 0 Å². The lowest BCUT2D eigenvalue weighted by Crippen LogP contribution is -2.26. The summed E-state index contributed by atoms with van der Waals surface area (Å²) in [5.41, 5.74) is 6.17. The van der Waals surface area contributed by atoms with Crippen molar-refractivity contribution in [2.75, 3.05) is 0 Å². The van der Waals surface area contributed by atoms with E-state index in [-0.39, 0.29) is 5.50 Å². The van der Waals surface area contributed by atoms with Crippen molar-refractivity contribution >= 4 is 11.6 Å². The maximum Gasteiger partial charge on any atom is 0.170 e. The Labute approximate surface area is 86.9 Å². The lowest BCUT2D eigenvalue weighted by Gasteiger charge is -2.23. The van der Waals surface area contributed by atoms with Gasteiger partial charge in [0.15, 0.2) is 11.3 Å². The number of hydrogen-bond donors (Lipinski definition) is 2. The molecule has 2 unspecified atom stereocenters. The lowest BCUT2D eigenvalue weighted by molar-refractivity contribution is 0.619. The highest BCUT2D eigenvalue weighted by Crippen LogP contribution is 2.52. The molecule has 1 aliphatic heterocycles. The third kappa shape index (κ3) is 0.925. The summed E-state index contributed by atoms with van der Waals surface area (Å²) in [4.78, 5) is 0. The number of allylic oxidation sites excluding steroid dienone is 1. The molecule has 1 heterocycles. The quantitative estimate of drug-likeness (QED) is 0.300. The van der Waals surface area contributed by atoms with Crippen LogP contribution in [0.3, 0.4) is 0 Å². The van der Waals surface area contributed by atoms with Crippen molar-refractivity contribution in [2.45, 2.75) is 24.8 Å². The molecule has 3 rings (SSSR count). The number of alkyl halides is 1. The maximum atomic E-state index is 6.11. The van der Waals surface area contributed by atoms with E-state index in [0.717, 1.165) is 6.42 Å². The Morgan fingerprint density at radius 2 is 2.29 bits per heavy atom. The first-order valence-corrected chi connectivity index (χ1v) is 5.23. The van der Waals surface area contributed by atoms with Gasteiger partial charge in [-0.25, -0.2) is 5.84 Å². The van der Waals surface area contributed by atoms with Gasteiger partial charge in [0.1, 0.15) is 0 Å². The highest BCUT2D eigenvalue weighted by atomic mass is 35.5. The average molecular weight is 211 g/mol. The fourth-order valence-corrected chi connectivity index (χ4v) is 3.01. The van der Waals surface area contributed by atoms with Crippen LogP contribution >= 0.6 is 11.6 Å². The van der Waals surface area contributed by atoms with E-state index in [2.05, 4.69) is 15.7 Å². The van der Waals surface area contributed by atoms with Crippen LogP contribution < -0.4 is 11.3 Å². The Bertz CT molecular complexity index is 382. The van der Waals surface area contributed by atoms with Gasteiger partial charge in [0.2, 0.25) is 0 Å². The molecular formula is C9H11ClN4. The molecule has 1 saturated carbocycles. The highest BCUT2D eigenvalue weighted by Gasteiger charge is 2.41. The molecule has 74 valence electrons. The highest BCUT2D eigenvalue weighted by molar-refractivity contribution is 6.22. The largest absolute Gasteiger partial charge is 0.307 e. The van der Waals surface area contributed by atoms with E-state index < -0.39 is 0 Å². The third-order valence-electron chi connectivity index (χ3n) is 3.26. The van der Waals surface area contributed by atoms with Gasteiger partial charge in [0.05, 0.1) is 0 Å². The summed E-state index contributed by atoms with van der Waals surface area (Å²) in [7, 11) is 0. The van der Waals surface area contributed by atoms with Crippen LogP contribution in [0.1, 0.15) is 19.3 Å². The normalized spacial score (nSPS) is 34.1. The predicted octanol–water partition coefficient (Wildman–Crippen LogP) is 1.80. The monoisotopic (exact) mass is 210 g/mol. The molecule has 0 aromatic heterocycles. The van der Waals surface area contributed by atoms with Crippen LogP contribution in [0.4, 0.5) is 0 Å². The van der Waals surface area contributed by atoms with Crippen molar-refractivity contribution in [3.8, 4) is 0 Å². The lowest BCUT2D eigenvalue weighted by atomic mass is 9.92. The number of hydrogen-bond acceptors (Lipinski definition) is 4. The topological polar surface area (TPSA) is 62.8 Å². The summed E-state index contributed by atoms with van der Waals surface area (Å²) < 4.78 is 0. The van der Waals surface area contributed by atoms with Crippen molar-refractivity contribution in [1.82, 2.24) is 5.43 Å². The van der Waals surface area contributed by atoms with Gasteiger partial charge in [-0.1, -0.05) is 17.2 Å². The summed E-state index contributed by atoms with van der Waals surface area (Å²) in [5, 5.41) is 7.97. The average Bonchev–Trinajstić information content (AvgIpc) is 2.79. The Balaban J connectivity index is 2.18. The molecule has 0 aromatic carbocycles. The van der Waals surface area contributed by atoms with Gasteiger partial charge in [-0.3, -0.25) is 0 Å². The SMILES string of the molecule is NNC1=C2C(=C3CCC2C3)C(Cl)N=N1. The molecule has 14 heavy (non-hydrogen) atoms. The fourth-order valence-electron chi connectivity index (χ4n) is 2.70. The fraction of sp³-hybridized carbons (Fsp3) is 0.556. The summed E-state index contributed by atoms with van der Waals surface area (Å²) in [5.74, 6) is 6.69. The van der Waals surface area contributed by atoms with E-state index in [1.54, 1.807) is 0 Å². The second-order valence-electron chi connectivity index (χ2n) is 3.91. The third-order valence-corrected chi connectivity index (χ3v) is 3.56. The number of halogens is 1. The van der Waals surface area contributed by atoms with Crippen LogP contribution in [-0.4, -0.2) is 5.50 Å². The molecule has 2 aliphatic carbocycles. The van der Waals surface area contributed by atoms with Gasteiger partial charge in [0.25, 0.3) is 0 Å². The first-order chi connectivity index (χ1) is 6.81. The molecule has 5 heteroatoms. The van der Waals surface area contributed by atoms with Crippen molar-refractivity contribution in [1.29, 1.82) is 0 Å². The van der Waals surface area contributed by atoms with Crippen LogP contribution in [-0.2, 0) is 0 Å². The van der Waals surface area contributed by atoms with Gasteiger partial charge in [-0.15, -0.1) is 5.11 Å². The zero-order valence-corrected chi connectivity index (χ0v) is 8.38. The van der Waals surface area contributed by atoms with Crippen LogP contribution in [0.5, 0.6) is 0 Å². The van der Waals surface area contributed by atoms with E-state index >= 15 is 0 Å². The predicted molar refractivity (Wildman–Crippen MR) is 53.2 cm³/mol. The van der Waals surface area contributed by atoms with Gasteiger partial charge in [-0.05, 0) is 30.8 Å². The van der Waals surface area contributed by atoms with Crippen LogP contribution in [0.2, 0.25) is 0 Å². The van der Waals surface area contributed by atoms with E-state index in [1.165, 1.54) is 29.6 Å². The molecule has 0 aromatic rings. The minimum absolute atomic E-state index is 0.289. The number of rotatable bonds is 1. The Morgan fingerprint density at radius 3 is 3.07 bits per heavy atom. The van der Waals surface area contributed by atoms with Crippen LogP contribution in [0.15, 0.2) is 32.8 Å². The number of hydrazine groups is 1. The maximum absolute atomic E-state index is 6.11. The summed E-state index contributed by atoms with van der Waals surface area (Å²) in [6.45, 7) is 0. The molecule has 2 bridgehead atoms. The molecule has 4 nitrogen and oxygen atoms in total. The number of azo groups is 1. The minimum Gasteiger partial charge on any atom is -0.307 e. The first-order valence-electron chi connectivity index (χ1n) is 4.79. The summed E-state index contributed by atoms with van der Waals surface area (Å²) in [6.07, 6.45) is 3.50. The summed E-state index contributed by atoms with van der Waals surface area (Å²) in [6, 6.07) is 0. The standard InChI is InChI=1S/C9H11ClN4/c10-8-6-4-1-2-5(3-4)7(6)9(12-11)14-13-8/h5,8,12H,1-3,11H2. The van der Waals surface area contributed by atoms with E-state index in [9.17, 15) is 0 Å². The number of nitrogens with two attached hydrogens (primary N) is 1. The van der Waals surface area contributed by atoms with Gasteiger partial charge < -0.3 is 5.43 Å². The Morgan fingerprint density at radius 1 is 1.43 bits per heavy atom.